The maximum atomic E-state index is 12.2. The third-order valence-corrected chi connectivity index (χ3v) is 4.91. The molecule has 5 heteroatoms. The minimum Gasteiger partial charge on any atom is -0.469 e. The smallest absolute Gasteiger partial charge is 0.310 e. The Morgan fingerprint density at radius 2 is 2.14 bits per heavy atom. The molecule has 1 aromatic rings. The molecule has 0 aliphatic carbocycles. The third-order valence-electron chi connectivity index (χ3n) is 3.77. The number of amides is 1. The van der Waals surface area contributed by atoms with Crippen molar-refractivity contribution < 1.29 is 14.3 Å². The summed E-state index contributed by atoms with van der Waals surface area (Å²) in [5.41, 5.74) is 2.38. The van der Waals surface area contributed by atoms with E-state index in [9.17, 15) is 9.59 Å². The minimum atomic E-state index is -0.215. The molecule has 2 rings (SSSR count). The lowest BCUT2D eigenvalue weighted by Crippen LogP contribution is -2.31. The molecule has 21 heavy (non-hydrogen) atoms. The van der Waals surface area contributed by atoms with Crippen LogP contribution in [0.2, 0.25) is 0 Å². The fourth-order valence-electron chi connectivity index (χ4n) is 2.44. The van der Waals surface area contributed by atoms with Crippen molar-refractivity contribution in [1.29, 1.82) is 0 Å². The molecule has 114 valence electrons. The number of methoxy groups -OCH3 is 1. The largest absolute Gasteiger partial charge is 0.469 e. The Labute approximate surface area is 129 Å². The van der Waals surface area contributed by atoms with Crippen LogP contribution in [-0.2, 0) is 14.3 Å². The summed E-state index contributed by atoms with van der Waals surface area (Å²) in [6, 6.07) is 6.25. The van der Waals surface area contributed by atoms with Crippen LogP contribution in [0.25, 0.3) is 0 Å². The molecule has 1 fully saturated rings. The first-order chi connectivity index (χ1) is 10.0. The fraction of sp³-hybridized carbons (Fsp3) is 0.500. The summed E-state index contributed by atoms with van der Waals surface area (Å²) in [4.78, 5) is 26.6. The summed E-state index contributed by atoms with van der Waals surface area (Å²) in [6.07, 6.45) is 0.701. The van der Waals surface area contributed by atoms with Gasteiger partial charge in [-0.25, -0.2) is 0 Å². The van der Waals surface area contributed by atoms with Gasteiger partial charge in [0.1, 0.15) is 0 Å². The van der Waals surface area contributed by atoms with Crippen LogP contribution in [-0.4, -0.2) is 42.7 Å². The first-order valence-corrected chi connectivity index (χ1v) is 8.05. The number of esters is 1. The van der Waals surface area contributed by atoms with E-state index >= 15 is 0 Å². The van der Waals surface area contributed by atoms with Gasteiger partial charge in [-0.15, -0.1) is 11.8 Å². The number of ether oxygens (including phenoxy) is 1. The minimum absolute atomic E-state index is 0.0901. The van der Waals surface area contributed by atoms with Crippen molar-refractivity contribution in [2.45, 2.75) is 25.2 Å². The van der Waals surface area contributed by atoms with Gasteiger partial charge in [0, 0.05) is 18.0 Å². The fourth-order valence-corrected chi connectivity index (χ4v) is 3.47. The average Bonchev–Trinajstić information content (AvgIpc) is 2.97. The summed E-state index contributed by atoms with van der Waals surface area (Å²) in [5, 5.41) is 0. The van der Waals surface area contributed by atoms with Crippen molar-refractivity contribution in [2.24, 2.45) is 5.92 Å². The molecular formula is C16H21NO3S. The first kappa shape index (κ1) is 15.9. The van der Waals surface area contributed by atoms with E-state index in [-0.39, 0.29) is 17.8 Å². The van der Waals surface area contributed by atoms with Crippen LogP contribution < -0.4 is 0 Å². The van der Waals surface area contributed by atoms with Gasteiger partial charge in [-0.2, -0.15) is 0 Å². The van der Waals surface area contributed by atoms with Gasteiger partial charge in [-0.1, -0.05) is 17.7 Å². The molecule has 0 N–H and O–H groups in total. The number of nitrogens with zero attached hydrogens (tertiary/aromatic N) is 1. The highest BCUT2D eigenvalue weighted by Gasteiger charge is 2.31. The Kier molecular flexibility index (Phi) is 5.28. The zero-order chi connectivity index (χ0) is 15.4. The monoisotopic (exact) mass is 307 g/mol. The molecule has 0 spiro atoms. The lowest BCUT2D eigenvalue weighted by molar-refractivity contribution is -0.145. The predicted octanol–water partition coefficient (Wildman–Crippen LogP) is 2.42. The number of likely N-dealkylation sites (tertiary alicyclic amines) is 1. The quantitative estimate of drug-likeness (QED) is 0.633. The third kappa shape index (κ3) is 4.00. The maximum absolute atomic E-state index is 12.2. The molecule has 1 unspecified atom stereocenters. The van der Waals surface area contributed by atoms with Gasteiger partial charge in [0.15, 0.2) is 0 Å². The second-order valence-electron chi connectivity index (χ2n) is 5.41. The highest BCUT2D eigenvalue weighted by Crippen LogP contribution is 2.25. The number of carbonyl (C=O) groups excluding carboxylic acids is 2. The summed E-state index contributed by atoms with van der Waals surface area (Å²) in [7, 11) is 1.39. The van der Waals surface area contributed by atoms with E-state index in [4.69, 9.17) is 4.74 Å². The van der Waals surface area contributed by atoms with E-state index in [1.165, 1.54) is 18.2 Å². The Hall–Kier alpha value is -1.49. The van der Waals surface area contributed by atoms with E-state index in [0.29, 0.717) is 25.3 Å². The Bertz CT molecular complexity index is 544. The Balaban J connectivity index is 1.88. The standard InChI is InChI=1S/C16H21NO3S/c1-11-4-5-12(2)14(8-11)21-10-15(18)17-7-6-13(9-17)16(19)20-3/h4-5,8,13H,6-7,9-10H2,1-3H3. The molecule has 1 saturated heterocycles. The van der Waals surface area contributed by atoms with Crippen LogP contribution >= 0.6 is 11.8 Å². The van der Waals surface area contributed by atoms with Gasteiger partial charge in [0.25, 0.3) is 0 Å². The van der Waals surface area contributed by atoms with Gasteiger partial charge in [0.05, 0.1) is 18.8 Å². The van der Waals surface area contributed by atoms with Crippen molar-refractivity contribution in [3.05, 3.63) is 29.3 Å². The molecule has 0 radical (unpaired) electrons. The second kappa shape index (κ2) is 6.98. The lowest BCUT2D eigenvalue weighted by atomic mass is 10.1. The van der Waals surface area contributed by atoms with Crippen molar-refractivity contribution in [3.63, 3.8) is 0 Å². The number of carbonyl (C=O) groups is 2. The summed E-state index contributed by atoms with van der Waals surface area (Å²) in [6.45, 7) is 5.23. The summed E-state index contributed by atoms with van der Waals surface area (Å²) < 4.78 is 4.74. The van der Waals surface area contributed by atoms with Crippen molar-refractivity contribution in [1.82, 2.24) is 4.90 Å². The number of hydrogen-bond acceptors (Lipinski definition) is 4. The van der Waals surface area contributed by atoms with Crippen LogP contribution in [0.5, 0.6) is 0 Å². The Morgan fingerprint density at radius 3 is 2.86 bits per heavy atom. The van der Waals surface area contributed by atoms with E-state index in [1.807, 2.05) is 6.92 Å². The molecule has 1 aliphatic heterocycles. The number of benzene rings is 1. The highest BCUT2D eigenvalue weighted by atomic mass is 32.2. The molecule has 1 aromatic carbocycles. The normalized spacial score (nSPS) is 17.9. The van der Waals surface area contributed by atoms with Gasteiger partial charge in [-0.05, 0) is 31.9 Å². The van der Waals surface area contributed by atoms with E-state index in [0.717, 1.165) is 4.90 Å². The van der Waals surface area contributed by atoms with Crippen molar-refractivity contribution in [2.75, 3.05) is 26.0 Å². The first-order valence-electron chi connectivity index (χ1n) is 7.07. The summed E-state index contributed by atoms with van der Waals surface area (Å²) >= 11 is 1.56. The van der Waals surface area contributed by atoms with Crippen LogP contribution in [0.4, 0.5) is 0 Å². The maximum Gasteiger partial charge on any atom is 0.310 e. The number of hydrogen-bond donors (Lipinski definition) is 0. The summed E-state index contributed by atoms with van der Waals surface area (Å²) in [5.74, 6) is 0.127. The zero-order valence-corrected chi connectivity index (χ0v) is 13.5. The predicted molar refractivity (Wildman–Crippen MR) is 83.3 cm³/mol. The van der Waals surface area contributed by atoms with Gasteiger partial charge >= 0.3 is 5.97 Å². The Morgan fingerprint density at radius 1 is 1.38 bits per heavy atom. The van der Waals surface area contributed by atoms with E-state index in [2.05, 4.69) is 25.1 Å². The molecule has 0 saturated carbocycles. The zero-order valence-electron chi connectivity index (χ0n) is 12.7. The molecule has 1 aliphatic rings. The molecular weight excluding hydrogens is 286 g/mol. The van der Waals surface area contributed by atoms with Crippen LogP contribution in [0.1, 0.15) is 17.5 Å². The van der Waals surface area contributed by atoms with Crippen LogP contribution in [0, 0.1) is 19.8 Å². The van der Waals surface area contributed by atoms with E-state index < -0.39 is 0 Å². The van der Waals surface area contributed by atoms with Crippen LogP contribution in [0.15, 0.2) is 23.1 Å². The molecule has 0 aromatic heterocycles. The van der Waals surface area contributed by atoms with Gasteiger partial charge < -0.3 is 9.64 Å². The number of aryl methyl sites for hydroxylation is 2. The van der Waals surface area contributed by atoms with Crippen molar-refractivity contribution in [3.8, 4) is 0 Å². The molecule has 1 heterocycles. The van der Waals surface area contributed by atoms with Gasteiger partial charge in [-0.3, -0.25) is 9.59 Å². The molecule has 0 bridgehead atoms. The van der Waals surface area contributed by atoms with Crippen molar-refractivity contribution >= 4 is 23.6 Å². The van der Waals surface area contributed by atoms with Gasteiger partial charge in [0.2, 0.25) is 5.91 Å². The molecule has 4 nitrogen and oxygen atoms in total. The lowest BCUT2D eigenvalue weighted by Gasteiger charge is -2.16. The average molecular weight is 307 g/mol. The van der Waals surface area contributed by atoms with Crippen LogP contribution in [0.3, 0.4) is 0 Å². The highest BCUT2D eigenvalue weighted by molar-refractivity contribution is 8.00. The number of rotatable bonds is 4. The second-order valence-corrected chi connectivity index (χ2v) is 6.42. The van der Waals surface area contributed by atoms with E-state index in [1.54, 1.807) is 16.7 Å². The SMILES string of the molecule is COC(=O)C1CCN(C(=O)CSc2cc(C)ccc2C)C1. The molecule has 1 atom stereocenters. The molecule has 1 amide bonds. The topological polar surface area (TPSA) is 46.6 Å². The number of thioether (sulfide) groups is 1.